The van der Waals surface area contributed by atoms with Crippen molar-refractivity contribution in [2.45, 2.75) is 13.5 Å². The van der Waals surface area contributed by atoms with Crippen LogP contribution in [0.2, 0.25) is 0 Å². The van der Waals surface area contributed by atoms with E-state index in [1.807, 2.05) is 29.2 Å². The number of hydrogen-bond acceptors (Lipinski definition) is 4. The summed E-state index contributed by atoms with van der Waals surface area (Å²) < 4.78 is 0. The number of hydrogen-bond donors (Lipinski definition) is 1. The molecule has 0 saturated carbocycles. The molecule has 0 radical (unpaired) electrons. The smallest absolute Gasteiger partial charge is 0.241 e. The van der Waals surface area contributed by atoms with Crippen LogP contribution in [0.1, 0.15) is 11.1 Å². The van der Waals surface area contributed by atoms with Gasteiger partial charge in [0.2, 0.25) is 5.91 Å². The van der Waals surface area contributed by atoms with Crippen LogP contribution in [0.25, 0.3) is 0 Å². The third kappa shape index (κ3) is 4.84. The molecule has 1 amide bonds. The molecule has 2 aromatic carbocycles. The first-order valence-electron chi connectivity index (χ1n) is 9.13. The summed E-state index contributed by atoms with van der Waals surface area (Å²) in [4.78, 5) is 19.5. The number of nitrogens with two attached hydrogens (primary N) is 1. The molecule has 2 aromatic rings. The Morgan fingerprint density at radius 2 is 1.77 bits per heavy atom. The first-order chi connectivity index (χ1) is 12.5. The van der Waals surface area contributed by atoms with E-state index in [2.05, 4.69) is 48.0 Å². The summed E-state index contributed by atoms with van der Waals surface area (Å²) in [6.45, 7) is 6.92. The van der Waals surface area contributed by atoms with E-state index >= 15 is 0 Å². The average molecular weight is 352 g/mol. The van der Waals surface area contributed by atoms with E-state index in [0.29, 0.717) is 18.8 Å². The van der Waals surface area contributed by atoms with Crippen molar-refractivity contribution < 1.29 is 4.79 Å². The van der Waals surface area contributed by atoms with Crippen LogP contribution in [0.5, 0.6) is 0 Å². The van der Waals surface area contributed by atoms with Crippen molar-refractivity contribution in [3.05, 3.63) is 59.7 Å². The van der Waals surface area contributed by atoms with E-state index in [-0.39, 0.29) is 5.91 Å². The van der Waals surface area contributed by atoms with Crippen LogP contribution in [0.4, 0.5) is 11.4 Å². The minimum Gasteiger partial charge on any atom is -0.399 e. The van der Waals surface area contributed by atoms with Gasteiger partial charge in [0, 0.05) is 37.6 Å². The molecule has 1 aliphatic rings. The van der Waals surface area contributed by atoms with Crippen LogP contribution >= 0.6 is 0 Å². The van der Waals surface area contributed by atoms with Crippen molar-refractivity contribution in [1.82, 2.24) is 9.80 Å². The second-order valence-electron chi connectivity index (χ2n) is 7.14. The molecular formula is C21H28N4O. The maximum atomic E-state index is 13.1. The average Bonchev–Trinajstić information content (AvgIpc) is 2.63. The Bertz CT molecular complexity index is 736. The van der Waals surface area contributed by atoms with Crippen molar-refractivity contribution in [3.8, 4) is 0 Å². The van der Waals surface area contributed by atoms with Gasteiger partial charge in [-0.2, -0.15) is 0 Å². The number of amides is 1. The van der Waals surface area contributed by atoms with Gasteiger partial charge in [0.25, 0.3) is 0 Å². The van der Waals surface area contributed by atoms with Gasteiger partial charge in [-0.3, -0.25) is 9.69 Å². The Hall–Kier alpha value is -2.37. The van der Waals surface area contributed by atoms with Crippen molar-refractivity contribution in [1.29, 1.82) is 0 Å². The highest BCUT2D eigenvalue weighted by Gasteiger charge is 2.22. The fraction of sp³-hybridized carbons (Fsp3) is 0.381. The van der Waals surface area contributed by atoms with Gasteiger partial charge >= 0.3 is 0 Å². The number of aryl methyl sites for hydroxylation is 1. The number of anilines is 2. The van der Waals surface area contributed by atoms with Crippen molar-refractivity contribution in [3.63, 3.8) is 0 Å². The lowest BCUT2D eigenvalue weighted by Gasteiger charge is -2.33. The third-order valence-electron chi connectivity index (χ3n) is 4.90. The number of nitrogens with zero attached hydrogens (tertiary/aromatic N) is 3. The number of likely N-dealkylation sites (N-methyl/N-ethyl adjacent to an activating group) is 1. The molecule has 26 heavy (non-hydrogen) atoms. The molecule has 0 spiro atoms. The summed E-state index contributed by atoms with van der Waals surface area (Å²) in [5.41, 5.74) is 9.81. The zero-order valence-electron chi connectivity index (χ0n) is 15.7. The fourth-order valence-electron chi connectivity index (χ4n) is 3.17. The van der Waals surface area contributed by atoms with E-state index in [4.69, 9.17) is 5.73 Å². The van der Waals surface area contributed by atoms with Crippen LogP contribution < -0.4 is 10.6 Å². The Morgan fingerprint density at radius 1 is 1.08 bits per heavy atom. The molecule has 0 aromatic heterocycles. The summed E-state index contributed by atoms with van der Waals surface area (Å²) >= 11 is 0. The molecule has 5 nitrogen and oxygen atoms in total. The fourth-order valence-corrected chi connectivity index (χ4v) is 3.17. The van der Waals surface area contributed by atoms with Gasteiger partial charge in [0.15, 0.2) is 0 Å². The molecule has 0 aliphatic carbocycles. The van der Waals surface area contributed by atoms with Gasteiger partial charge in [-0.25, -0.2) is 0 Å². The number of benzene rings is 2. The van der Waals surface area contributed by atoms with Crippen molar-refractivity contribution in [2.24, 2.45) is 0 Å². The van der Waals surface area contributed by atoms with Crippen LogP contribution in [-0.4, -0.2) is 55.5 Å². The topological polar surface area (TPSA) is 52.8 Å². The Balaban J connectivity index is 1.77. The molecule has 0 atom stereocenters. The SMILES string of the molecule is Cc1ccc(CN(C(=O)CN2CCN(C)CC2)c2cccc(N)c2)cc1. The molecule has 0 bridgehead atoms. The summed E-state index contributed by atoms with van der Waals surface area (Å²) in [6.07, 6.45) is 0. The van der Waals surface area contributed by atoms with Crippen LogP contribution in [-0.2, 0) is 11.3 Å². The highest BCUT2D eigenvalue weighted by molar-refractivity contribution is 5.95. The molecule has 1 heterocycles. The molecule has 0 unspecified atom stereocenters. The maximum Gasteiger partial charge on any atom is 0.241 e. The Kier molecular flexibility index (Phi) is 5.91. The molecule has 3 rings (SSSR count). The summed E-state index contributed by atoms with van der Waals surface area (Å²) in [5.74, 6) is 0.112. The van der Waals surface area contributed by atoms with E-state index in [1.54, 1.807) is 0 Å². The van der Waals surface area contributed by atoms with Gasteiger partial charge in [-0.1, -0.05) is 35.9 Å². The highest BCUT2D eigenvalue weighted by Crippen LogP contribution is 2.21. The molecule has 1 saturated heterocycles. The molecule has 1 aliphatic heterocycles. The zero-order chi connectivity index (χ0) is 18.5. The predicted octanol–water partition coefficient (Wildman–Crippen LogP) is 2.36. The first kappa shape index (κ1) is 18.4. The van der Waals surface area contributed by atoms with Crippen molar-refractivity contribution >= 4 is 17.3 Å². The van der Waals surface area contributed by atoms with Gasteiger partial charge < -0.3 is 15.5 Å². The van der Waals surface area contributed by atoms with Crippen molar-refractivity contribution in [2.75, 3.05) is 50.4 Å². The van der Waals surface area contributed by atoms with E-state index in [0.717, 1.165) is 37.4 Å². The van der Waals surface area contributed by atoms with Crippen LogP contribution in [0.3, 0.4) is 0 Å². The number of rotatable bonds is 5. The van der Waals surface area contributed by atoms with E-state index in [9.17, 15) is 4.79 Å². The lowest BCUT2D eigenvalue weighted by atomic mass is 10.1. The normalized spacial score (nSPS) is 15.8. The summed E-state index contributed by atoms with van der Waals surface area (Å²) in [6, 6.07) is 15.9. The molecule has 138 valence electrons. The van der Waals surface area contributed by atoms with E-state index in [1.165, 1.54) is 5.56 Å². The monoisotopic (exact) mass is 352 g/mol. The second kappa shape index (κ2) is 8.34. The van der Waals surface area contributed by atoms with Gasteiger partial charge in [0.05, 0.1) is 13.1 Å². The maximum absolute atomic E-state index is 13.1. The van der Waals surface area contributed by atoms with Crippen LogP contribution in [0, 0.1) is 6.92 Å². The van der Waals surface area contributed by atoms with Gasteiger partial charge in [-0.15, -0.1) is 0 Å². The molecular weight excluding hydrogens is 324 g/mol. The number of carbonyl (C=O) groups is 1. The second-order valence-corrected chi connectivity index (χ2v) is 7.14. The Morgan fingerprint density at radius 3 is 2.42 bits per heavy atom. The van der Waals surface area contributed by atoms with E-state index < -0.39 is 0 Å². The third-order valence-corrected chi connectivity index (χ3v) is 4.90. The van der Waals surface area contributed by atoms with Gasteiger partial charge in [0.1, 0.15) is 0 Å². The summed E-state index contributed by atoms with van der Waals surface area (Å²) in [5, 5.41) is 0. The lowest BCUT2D eigenvalue weighted by molar-refractivity contribution is -0.120. The van der Waals surface area contributed by atoms with Crippen LogP contribution in [0.15, 0.2) is 48.5 Å². The molecule has 2 N–H and O–H groups in total. The molecule has 5 heteroatoms. The Labute approximate surface area is 156 Å². The summed E-state index contributed by atoms with van der Waals surface area (Å²) in [7, 11) is 2.12. The lowest BCUT2D eigenvalue weighted by Crippen LogP contribution is -2.48. The first-order valence-corrected chi connectivity index (χ1v) is 9.13. The largest absolute Gasteiger partial charge is 0.399 e. The number of carbonyl (C=O) groups excluding carboxylic acids is 1. The predicted molar refractivity (Wildman–Crippen MR) is 107 cm³/mol. The highest BCUT2D eigenvalue weighted by atomic mass is 16.2. The minimum absolute atomic E-state index is 0.112. The quantitative estimate of drug-likeness (QED) is 0.840. The number of piperazine rings is 1. The number of nitrogen functional groups attached to an aromatic ring is 1. The standard InChI is InChI=1S/C21H28N4O/c1-17-6-8-18(9-7-17)15-25(20-5-3-4-19(22)14-20)21(26)16-24-12-10-23(2)11-13-24/h3-9,14H,10-13,15-16,22H2,1-2H3. The van der Waals surface area contributed by atoms with Gasteiger partial charge in [-0.05, 0) is 37.7 Å². The molecule has 1 fully saturated rings. The zero-order valence-corrected chi connectivity index (χ0v) is 15.7. The minimum atomic E-state index is 0.112.